The fourth-order valence-electron chi connectivity index (χ4n) is 1.85. The molecule has 0 aliphatic rings. The van der Waals surface area contributed by atoms with Gasteiger partial charge in [-0.3, -0.25) is 4.98 Å². The van der Waals surface area contributed by atoms with Crippen LogP contribution in [0.25, 0.3) is 11.3 Å². The molecular weight excluding hydrogens is 208 g/mol. The topological polar surface area (TPSA) is 38.9 Å². The summed E-state index contributed by atoms with van der Waals surface area (Å²) in [7, 11) is 0. The Labute approximate surface area is 103 Å². The van der Waals surface area contributed by atoms with E-state index in [1.807, 2.05) is 38.2 Å². The SMILES string of the molecule is CC(C)(N)Cc1ccc(-c2ccccn2)cc1. The maximum Gasteiger partial charge on any atom is 0.0701 e. The molecule has 0 fully saturated rings. The molecule has 88 valence electrons. The summed E-state index contributed by atoms with van der Waals surface area (Å²) in [6.07, 6.45) is 2.70. The van der Waals surface area contributed by atoms with E-state index in [9.17, 15) is 0 Å². The van der Waals surface area contributed by atoms with Crippen molar-refractivity contribution in [1.82, 2.24) is 4.98 Å². The van der Waals surface area contributed by atoms with E-state index in [0.717, 1.165) is 17.7 Å². The van der Waals surface area contributed by atoms with E-state index in [-0.39, 0.29) is 5.54 Å². The predicted molar refractivity (Wildman–Crippen MR) is 71.6 cm³/mol. The maximum atomic E-state index is 6.00. The van der Waals surface area contributed by atoms with Gasteiger partial charge in [0.1, 0.15) is 0 Å². The van der Waals surface area contributed by atoms with Gasteiger partial charge in [-0.05, 0) is 38.0 Å². The third kappa shape index (κ3) is 3.40. The summed E-state index contributed by atoms with van der Waals surface area (Å²) < 4.78 is 0. The standard InChI is InChI=1S/C15H18N2/c1-15(2,16)11-12-6-8-13(9-7-12)14-5-3-4-10-17-14/h3-10H,11,16H2,1-2H3. The largest absolute Gasteiger partial charge is 0.325 e. The summed E-state index contributed by atoms with van der Waals surface area (Å²) in [5, 5.41) is 0. The zero-order chi connectivity index (χ0) is 12.3. The molecule has 2 rings (SSSR count). The second kappa shape index (κ2) is 4.68. The first-order valence-corrected chi connectivity index (χ1v) is 5.84. The Morgan fingerprint density at radius 2 is 1.76 bits per heavy atom. The first-order valence-electron chi connectivity index (χ1n) is 5.84. The van der Waals surface area contributed by atoms with Crippen molar-refractivity contribution < 1.29 is 0 Å². The Hall–Kier alpha value is -1.67. The number of benzene rings is 1. The molecule has 0 radical (unpaired) electrons. The number of rotatable bonds is 3. The molecule has 2 aromatic rings. The summed E-state index contributed by atoms with van der Waals surface area (Å²) in [5.74, 6) is 0. The molecule has 0 spiro atoms. The van der Waals surface area contributed by atoms with Crippen LogP contribution in [0.4, 0.5) is 0 Å². The van der Waals surface area contributed by atoms with Crippen molar-refractivity contribution >= 4 is 0 Å². The minimum Gasteiger partial charge on any atom is -0.325 e. The lowest BCUT2D eigenvalue weighted by molar-refractivity contribution is 0.517. The lowest BCUT2D eigenvalue weighted by atomic mass is 9.95. The van der Waals surface area contributed by atoms with Gasteiger partial charge in [0.25, 0.3) is 0 Å². The number of aromatic nitrogens is 1. The van der Waals surface area contributed by atoms with Gasteiger partial charge in [-0.25, -0.2) is 0 Å². The molecule has 2 heteroatoms. The zero-order valence-corrected chi connectivity index (χ0v) is 10.4. The molecule has 1 aromatic carbocycles. The molecule has 0 unspecified atom stereocenters. The van der Waals surface area contributed by atoms with Crippen molar-refractivity contribution in [3.8, 4) is 11.3 Å². The predicted octanol–water partition coefficient (Wildman–Crippen LogP) is 3.03. The Balaban J connectivity index is 2.19. The zero-order valence-electron chi connectivity index (χ0n) is 10.4. The summed E-state index contributed by atoms with van der Waals surface area (Å²) in [6, 6.07) is 14.4. The highest BCUT2D eigenvalue weighted by atomic mass is 14.7. The van der Waals surface area contributed by atoms with Crippen LogP contribution in [-0.4, -0.2) is 10.5 Å². The Kier molecular flexibility index (Phi) is 3.25. The van der Waals surface area contributed by atoms with Crippen molar-refractivity contribution in [3.05, 3.63) is 54.2 Å². The van der Waals surface area contributed by atoms with E-state index in [0.29, 0.717) is 0 Å². The molecule has 0 amide bonds. The minimum atomic E-state index is -0.160. The molecule has 0 bridgehead atoms. The molecule has 1 aromatic heterocycles. The van der Waals surface area contributed by atoms with E-state index in [4.69, 9.17) is 5.73 Å². The number of hydrogen-bond acceptors (Lipinski definition) is 2. The molecule has 0 aliphatic heterocycles. The highest BCUT2D eigenvalue weighted by Gasteiger charge is 2.11. The second-order valence-electron chi connectivity index (χ2n) is 5.08. The Bertz CT molecular complexity index is 467. The smallest absolute Gasteiger partial charge is 0.0701 e. The number of pyridine rings is 1. The van der Waals surface area contributed by atoms with Crippen LogP contribution < -0.4 is 5.73 Å². The normalized spacial score (nSPS) is 11.5. The van der Waals surface area contributed by atoms with Gasteiger partial charge in [0.05, 0.1) is 5.69 Å². The monoisotopic (exact) mass is 226 g/mol. The first kappa shape index (κ1) is 11.8. The van der Waals surface area contributed by atoms with Gasteiger partial charge in [0.15, 0.2) is 0 Å². The van der Waals surface area contributed by atoms with Gasteiger partial charge < -0.3 is 5.73 Å². The minimum absolute atomic E-state index is 0.160. The van der Waals surface area contributed by atoms with Gasteiger partial charge in [-0.2, -0.15) is 0 Å². The lowest BCUT2D eigenvalue weighted by Crippen LogP contribution is -2.34. The van der Waals surface area contributed by atoms with Crippen LogP contribution in [0, 0.1) is 0 Å². The molecule has 0 saturated heterocycles. The third-order valence-electron chi connectivity index (χ3n) is 2.57. The van der Waals surface area contributed by atoms with Crippen molar-refractivity contribution in [3.63, 3.8) is 0 Å². The number of hydrogen-bond donors (Lipinski definition) is 1. The van der Waals surface area contributed by atoms with E-state index >= 15 is 0 Å². The molecule has 2 nitrogen and oxygen atoms in total. The number of nitrogens with two attached hydrogens (primary N) is 1. The van der Waals surface area contributed by atoms with E-state index < -0.39 is 0 Å². The van der Waals surface area contributed by atoms with E-state index in [1.165, 1.54) is 5.56 Å². The summed E-state index contributed by atoms with van der Waals surface area (Å²) in [4.78, 5) is 4.33. The van der Waals surface area contributed by atoms with Crippen molar-refractivity contribution in [2.24, 2.45) is 5.73 Å². The molecular formula is C15H18N2. The highest BCUT2D eigenvalue weighted by Crippen LogP contribution is 2.18. The molecule has 0 aliphatic carbocycles. The van der Waals surface area contributed by atoms with Crippen LogP contribution in [-0.2, 0) is 6.42 Å². The average Bonchev–Trinajstić information content (AvgIpc) is 2.29. The average molecular weight is 226 g/mol. The van der Waals surface area contributed by atoms with Gasteiger partial charge in [0, 0.05) is 17.3 Å². The molecule has 2 N–H and O–H groups in total. The van der Waals surface area contributed by atoms with Crippen LogP contribution in [0.2, 0.25) is 0 Å². The summed E-state index contributed by atoms with van der Waals surface area (Å²) >= 11 is 0. The van der Waals surface area contributed by atoms with Gasteiger partial charge in [-0.15, -0.1) is 0 Å². The molecule has 0 atom stereocenters. The van der Waals surface area contributed by atoms with Gasteiger partial charge in [0.2, 0.25) is 0 Å². The van der Waals surface area contributed by atoms with Crippen LogP contribution in [0.1, 0.15) is 19.4 Å². The maximum absolute atomic E-state index is 6.00. The van der Waals surface area contributed by atoms with Gasteiger partial charge in [-0.1, -0.05) is 30.3 Å². The van der Waals surface area contributed by atoms with Crippen molar-refractivity contribution in [1.29, 1.82) is 0 Å². The van der Waals surface area contributed by atoms with Crippen LogP contribution >= 0.6 is 0 Å². The first-order chi connectivity index (χ1) is 8.04. The van der Waals surface area contributed by atoms with Gasteiger partial charge >= 0.3 is 0 Å². The summed E-state index contributed by atoms with van der Waals surface area (Å²) in [5.41, 5.74) is 9.25. The highest BCUT2D eigenvalue weighted by molar-refractivity contribution is 5.59. The fraction of sp³-hybridized carbons (Fsp3) is 0.267. The molecule has 17 heavy (non-hydrogen) atoms. The molecule has 1 heterocycles. The lowest BCUT2D eigenvalue weighted by Gasteiger charge is -2.18. The summed E-state index contributed by atoms with van der Waals surface area (Å²) in [6.45, 7) is 4.08. The molecule has 0 saturated carbocycles. The third-order valence-corrected chi connectivity index (χ3v) is 2.57. The Morgan fingerprint density at radius 1 is 1.06 bits per heavy atom. The Morgan fingerprint density at radius 3 is 2.29 bits per heavy atom. The van der Waals surface area contributed by atoms with Crippen molar-refractivity contribution in [2.45, 2.75) is 25.8 Å². The van der Waals surface area contributed by atoms with E-state index in [1.54, 1.807) is 0 Å². The number of nitrogens with zero attached hydrogens (tertiary/aromatic N) is 1. The van der Waals surface area contributed by atoms with Crippen molar-refractivity contribution in [2.75, 3.05) is 0 Å². The van der Waals surface area contributed by atoms with Crippen LogP contribution in [0.5, 0.6) is 0 Å². The van der Waals surface area contributed by atoms with Crippen LogP contribution in [0.3, 0.4) is 0 Å². The second-order valence-corrected chi connectivity index (χ2v) is 5.08. The quantitative estimate of drug-likeness (QED) is 0.873. The fourth-order valence-corrected chi connectivity index (χ4v) is 1.85. The van der Waals surface area contributed by atoms with Crippen LogP contribution in [0.15, 0.2) is 48.7 Å². The van der Waals surface area contributed by atoms with E-state index in [2.05, 4.69) is 29.2 Å².